The van der Waals surface area contributed by atoms with Crippen molar-refractivity contribution in [2.75, 3.05) is 6.54 Å². The van der Waals surface area contributed by atoms with Crippen LogP contribution in [0.25, 0.3) is 0 Å². The van der Waals surface area contributed by atoms with Crippen LogP contribution < -0.4 is 5.32 Å². The van der Waals surface area contributed by atoms with E-state index in [1.54, 1.807) is 6.92 Å². The number of rotatable bonds is 4. The van der Waals surface area contributed by atoms with Gasteiger partial charge in [0, 0.05) is 6.04 Å². The molecule has 1 saturated carbocycles. The molecule has 1 unspecified atom stereocenters. The lowest BCUT2D eigenvalue weighted by atomic mass is 10.1. The Balaban J connectivity index is 2.11. The number of hydrogen-bond donors (Lipinski definition) is 1. The highest BCUT2D eigenvalue weighted by Crippen LogP contribution is 2.25. The molecule has 1 aliphatic carbocycles. The first-order chi connectivity index (χ1) is 6.47. The lowest BCUT2D eigenvalue weighted by Crippen LogP contribution is -2.34. The van der Waals surface area contributed by atoms with Gasteiger partial charge in [-0.1, -0.05) is 12.8 Å². The average Bonchev–Trinajstić information content (AvgIpc) is 2.49. The fourth-order valence-corrected chi connectivity index (χ4v) is 2.00. The Bertz CT molecular complexity index is 161. The van der Waals surface area contributed by atoms with Crippen LogP contribution in [0.15, 0.2) is 0 Å². The molecule has 0 aromatic carbocycles. The molecule has 0 saturated heterocycles. The second-order valence-corrected chi connectivity index (χ2v) is 4.28. The van der Waals surface area contributed by atoms with Gasteiger partial charge in [-0.05, 0) is 32.2 Å². The van der Waals surface area contributed by atoms with Crippen LogP contribution >= 0.6 is 0 Å². The first-order valence-corrected chi connectivity index (χ1v) is 5.27. The third kappa shape index (κ3) is 4.84. The Hall–Kier alpha value is -0.250. The normalized spacial score (nSPS) is 21.4. The van der Waals surface area contributed by atoms with Gasteiger partial charge in [0.1, 0.15) is 0 Å². The second-order valence-electron chi connectivity index (χ2n) is 4.28. The Morgan fingerprint density at radius 3 is 2.36 bits per heavy atom. The van der Waals surface area contributed by atoms with Gasteiger partial charge in [0.25, 0.3) is 0 Å². The smallest absolute Gasteiger partial charge is 0.314 e. The molecule has 84 valence electrons. The molecule has 1 aliphatic rings. The molecule has 0 bridgehead atoms. The van der Waals surface area contributed by atoms with Crippen LogP contribution in [0, 0.1) is 5.92 Å². The Labute approximate surface area is 83.1 Å². The molecule has 0 heterocycles. The van der Waals surface area contributed by atoms with Gasteiger partial charge in [-0.25, -0.2) is 0 Å². The minimum Gasteiger partial charge on any atom is -0.314 e. The van der Waals surface area contributed by atoms with Crippen LogP contribution in [-0.4, -0.2) is 18.8 Å². The molecule has 1 atom stereocenters. The molecule has 0 amide bonds. The van der Waals surface area contributed by atoms with E-state index in [0.29, 0.717) is 5.92 Å². The third-order valence-corrected chi connectivity index (χ3v) is 2.77. The molecule has 14 heavy (non-hydrogen) atoms. The van der Waals surface area contributed by atoms with Crippen LogP contribution in [0.1, 0.15) is 39.0 Å². The molecule has 0 spiro atoms. The molecule has 1 nitrogen and oxygen atoms in total. The molecule has 4 heteroatoms. The maximum Gasteiger partial charge on any atom is 0.390 e. The summed E-state index contributed by atoms with van der Waals surface area (Å²) >= 11 is 0. The average molecular weight is 209 g/mol. The summed E-state index contributed by atoms with van der Waals surface area (Å²) in [5, 5.41) is 2.96. The molecule has 0 aliphatic heterocycles. The fourth-order valence-electron chi connectivity index (χ4n) is 2.00. The van der Waals surface area contributed by atoms with E-state index < -0.39 is 18.6 Å². The van der Waals surface area contributed by atoms with Crippen molar-refractivity contribution < 1.29 is 13.2 Å². The number of hydrogen-bond acceptors (Lipinski definition) is 1. The van der Waals surface area contributed by atoms with E-state index in [2.05, 4.69) is 5.32 Å². The monoisotopic (exact) mass is 209 g/mol. The minimum absolute atomic E-state index is 0.449. The van der Waals surface area contributed by atoms with Crippen LogP contribution in [0.3, 0.4) is 0 Å². The lowest BCUT2D eigenvalue weighted by molar-refractivity contribution is -0.139. The molecule has 0 aromatic rings. The highest BCUT2D eigenvalue weighted by Gasteiger charge is 2.30. The molecule has 1 N–H and O–H groups in total. The maximum atomic E-state index is 12.0. The summed E-state index contributed by atoms with van der Waals surface area (Å²) < 4.78 is 35.9. The summed E-state index contributed by atoms with van der Waals surface area (Å²) in [6.45, 7) is 2.35. The summed E-state index contributed by atoms with van der Waals surface area (Å²) in [6.07, 6.45) is 0.0548. The Morgan fingerprint density at radius 1 is 1.29 bits per heavy atom. The van der Waals surface area contributed by atoms with Crippen LogP contribution in [0.2, 0.25) is 0 Å². The summed E-state index contributed by atoms with van der Waals surface area (Å²) in [5.41, 5.74) is 0. The maximum absolute atomic E-state index is 12.0. The Morgan fingerprint density at radius 2 is 1.86 bits per heavy atom. The molecular formula is C10H18F3N. The highest BCUT2D eigenvalue weighted by molar-refractivity contribution is 4.73. The van der Waals surface area contributed by atoms with Gasteiger partial charge in [-0.3, -0.25) is 0 Å². The van der Waals surface area contributed by atoms with E-state index >= 15 is 0 Å². The summed E-state index contributed by atoms with van der Waals surface area (Å²) in [5.74, 6) is 0.602. The van der Waals surface area contributed by atoms with E-state index in [1.807, 2.05) is 0 Å². The second kappa shape index (κ2) is 5.01. The van der Waals surface area contributed by atoms with Gasteiger partial charge in [0.15, 0.2) is 0 Å². The van der Waals surface area contributed by atoms with Crippen LogP contribution in [0.4, 0.5) is 13.2 Å². The van der Waals surface area contributed by atoms with Crippen molar-refractivity contribution >= 4 is 0 Å². The van der Waals surface area contributed by atoms with E-state index in [0.717, 1.165) is 6.54 Å². The zero-order valence-electron chi connectivity index (χ0n) is 8.53. The first-order valence-electron chi connectivity index (χ1n) is 5.27. The van der Waals surface area contributed by atoms with Gasteiger partial charge < -0.3 is 5.32 Å². The van der Waals surface area contributed by atoms with Gasteiger partial charge in [0.2, 0.25) is 0 Å². The molecule has 0 radical (unpaired) electrons. The van der Waals surface area contributed by atoms with E-state index in [-0.39, 0.29) is 0 Å². The highest BCUT2D eigenvalue weighted by atomic mass is 19.4. The third-order valence-electron chi connectivity index (χ3n) is 2.77. The minimum atomic E-state index is -4.04. The standard InChI is InChI=1S/C10H18F3N/c1-8(6-10(11,12)13)14-7-9-4-2-3-5-9/h8-9,14H,2-7H2,1H3. The summed E-state index contributed by atoms with van der Waals surface area (Å²) in [7, 11) is 0. The molecular weight excluding hydrogens is 191 g/mol. The van der Waals surface area contributed by atoms with E-state index in [4.69, 9.17) is 0 Å². The van der Waals surface area contributed by atoms with Gasteiger partial charge in [-0.15, -0.1) is 0 Å². The van der Waals surface area contributed by atoms with Crippen molar-refractivity contribution in [1.82, 2.24) is 5.32 Å². The van der Waals surface area contributed by atoms with Crippen molar-refractivity contribution in [3.05, 3.63) is 0 Å². The summed E-state index contributed by atoms with van der Waals surface area (Å²) in [6, 6.07) is -0.449. The fraction of sp³-hybridized carbons (Fsp3) is 1.00. The van der Waals surface area contributed by atoms with Crippen molar-refractivity contribution in [2.45, 2.75) is 51.2 Å². The molecule has 1 fully saturated rings. The molecule has 0 aromatic heterocycles. The largest absolute Gasteiger partial charge is 0.390 e. The lowest BCUT2D eigenvalue weighted by Gasteiger charge is -2.18. The van der Waals surface area contributed by atoms with Crippen LogP contribution in [0.5, 0.6) is 0 Å². The molecule has 1 rings (SSSR count). The number of alkyl halides is 3. The van der Waals surface area contributed by atoms with Gasteiger partial charge >= 0.3 is 6.18 Å². The topological polar surface area (TPSA) is 12.0 Å². The van der Waals surface area contributed by atoms with Crippen molar-refractivity contribution in [3.8, 4) is 0 Å². The SMILES string of the molecule is CC(CC(F)(F)F)NCC1CCCC1. The summed E-state index contributed by atoms with van der Waals surface area (Å²) in [4.78, 5) is 0. The quantitative estimate of drug-likeness (QED) is 0.750. The van der Waals surface area contributed by atoms with Crippen molar-refractivity contribution in [1.29, 1.82) is 0 Å². The predicted octanol–water partition coefficient (Wildman–Crippen LogP) is 3.11. The van der Waals surface area contributed by atoms with Crippen LogP contribution in [-0.2, 0) is 0 Å². The zero-order chi connectivity index (χ0) is 10.6. The van der Waals surface area contributed by atoms with E-state index in [1.165, 1.54) is 25.7 Å². The Kier molecular flexibility index (Phi) is 4.23. The zero-order valence-corrected chi connectivity index (χ0v) is 8.53. The van der Waals surface area contributed by atoms with Gasteiger partial charge in [-0.2, -0.15) is 13.2 Å². The predicted molar refractivity (Wildman–Crippen MR) is 50.1 cm³/mol. The van der Waals surface area contributed by atoms with Gasteiger partial charge in [0.05, 0.1) is 6.42 Å². The number of halogens is 3. The van der Waals surface area contributed by atoms with Crippen molar-refractivity contribution in [2.24, 2.45) is 5.92 Å². The van der Waals surface area contributed by atoms with Crippen molar-refractivity contribution in [3.63, 3.8) is 0 Å². The number of nitrogens with one attached hydrogen (secondary N) is 1. The first kappa shape index (κ1) is 11.8. The van der Waals surface area contributed by atoms with E-state index in [9.17, 15) is 13.2 Å².